The number of Topliss-reactive ketones (excluding diaryl/α,β-unsaturated/α-hetero) is 1. The molecule has 1 aromatic carbocycles. The summed E-state index contributed by atoms with van der Waals surface area (Å²) in [5, 5.41) is 0.938. The van der Waals surface area contributed by atoms with Crippen LogP contribution in [0.15, 0.2) is 42.7 Å². The predicted octanol–water partition coefficient (Wildman–Crippen LogP) is 3.35. The van der Waals surface area contributed by atoms with Crippen LogP contribution in [-0.2, 0) is 13.0 Å². The second kappa shape index (κ2) is 6.16. The monoisotopic (exact) mass is 333 g/mol. The van der Waals surface area contributed by atoms with E-state index in [-0.39, 0.29) is 11.7 Å². The molecule has 126 valence electrons. The van der Waals surface area contributed by atoms with Crippen molar-refractivity contribution in [1.82, 2.24) is 14.9 Å². The van der Waals surface area contributed by atoms with Gasteiger partial charge in [0, 0.05) is 41.9 Å². The number of carbonyl (C=O) groups is 2. The minimum atomic E-state index is -0.00904. The van der Waals surface area contributed by atoms with E-state index in [2.05, 4.69) is 9.97 Å². The van der Waals surface area contributed by atoms with Crippen molar-refractivity contribution in [3.05, 3.63) is 65.1 Å². The Hall–Kier alpha value is -2.95. The van der Waals surface area contributed by atoms with Gasteiger partial charge >= 0.3 is 0 Å². The lowest BCUT2D eigenvalue weighted by atomic mass is 10.1. The Bertz CT molecular complexity index is 974. The number of hydrogen-bond donors (Lipinski definition) is 1. The highest BCUT2D eigenvalue weighted by molar-refractivity contribution is 6.01. The molecule has 25 heavy (non-hydrogen) atoms. The highest BCUT2D eigenvalue weighted by Gasteiger charge is 2.21. The average Bonchev–Trinajstić information content (AvgIpc) is 2.92. The van der Waals surface area contributed by atoms with Gasteiger partial charge in [-0.05, 0) is 49.1 Å². The molecule has 5 nitrogen and oxygen atoms in total. The number of rotatable bonds is 2. The van der Waals surface area contributed by atoms with E-state index < -0.39 is 0 Å². The quantitative estimate of drug-likeness (QED) is 0.731. The molecule has 0 unspecified atom stereocenters. The van der Waals surface area contributed by atoms with Crippen molar-refractivity contribution < 1.29 is 9.59 Å². The van der Waals surface area contributed by atoms with Crippen LogP contribution in [0.1, 0.15) is 45.3 Å². The van der Waals surface area contributed by atoms with Crippen LogP contribution >= 0.6 is 0 Å². The summed E-state index contributed by atoms with van der Waals surface area (Å²) in [6, 6.07) is 9.33. The zero-order valence-corrected chi connectivity index (χ0v) is 14.1. The molecule has 0 spiro atoms. The molecular weight excluding hydrogens is 314 g/mol. The van der Waals surface area contributed by atoms with Crippen molar-refractivity contribution in [3.8, 4) is 0 Å². The van der Waals surface area contributed by atoms with Gasteiger partial charge in [-0.2, -0.15) is 0 Å². The summed E-state index contributed by atoms with van der Waals surface area (Å²) in [6.45, 7) is 2.87. The molecule has 1 amide bonds. The summed E-state index contributed by atoms with van der Waals surface area (Å²) in [5.41, 5.74) is 4.41. The standard InChI is InChI=1S/C20H19N3O2/c1-13(24)14-4-5-15-10-19(22-18(15)9-14)20(25)23-8-2-3-16-11-21-7-6-17(16)12-23/h4-7,9-11,22H,2-3,8,12H2,1H3. The van der Waals surface area contributed by atoms with Gasteiger partial charge in [0.2, 0.25) is 0 Å². The minimum Gasteiger partial charge on any atom is -0.351 e. The van der Waals surface area contributed by atoms with Gasteiger partial charge in [0.05, 0.1) is 0 Å². The van der Waals surface area contributed by atoms with Gasteiger partial charge in [-0.1, -0.05) is 12.1 Å². The average molecular weight is 333 g/mol. The normalized spacial score (nSPS) is 14.2. The first kappa shape index (κ1) is 15.6. The number of H-pyrrole nitrogens is 1. The topological polar surface area (TPSA) is 66.1 Å². The lowest BCUT2D eigenvalue weighted by molar-refractivity contribution is 0.0740. The molecule has 0 bridgehead atoms. The second-order valence-corrected chi connectivity index (χ2v) is 6.52. The van der Waals surface area contributed by atoms with E-state index in [0.29, 0.717) is 17.8 Å². The Morgan fingerprint density at radius 2 is 2.04 bits per heavy atom. The van der Waals surface area contributed by atoms with Crippen LogP contribution in [0.5, 0.6) is 0 Å². The fourth-order valence-corrected chi connectivity index (χ4v) is 3.39. The lowest BCUT2D eigenvalue weighted by Crippen LogP contribution is -2.30. The molecule has 1 N–H and O–H groups in total. The summed E-state index contributed by atoms with van der Waals surface area (Å²) in [4.78, 5) is 33.7. The molecule has 0 radical (unpaired) electrons. The van der Waals surface area contributed by atoms with Crippen LogP contribution in [0.25, 0.3) is 10.9 Å². The van der Waals surface area contributed by atoms with E-state index in [1.165, 1.54) is 5.56 Å². The molecule has 2 aromatic heterocycles. The summed E-state index contributed by atoms with van der Waals surface area (Å²) in [7, 11) is 0. The van der Waals surface area contributed by atoms with Crippen molar-refractivity contribution in [3.63, 3.8) is 0 Å². The van der Waals surface area contributed by atoms with Gasteiger partial charge in [-0.3, -0.25) is 14.6 Å². The number of nitrogens with zero attached hydrogens (tertiary/aromatic N) is 2. The third kappa shape index (κ3) is 2.93. The number of aromatic amines is 1. The molecule has 5 heteroatoms. The number of hydrogen-bond acceptors (Lipinski definition) is 3. The van der Waals surface area contributed by atoms with Crippen LogP contribution in [0.2, 0.25) is 0 Å². The number of pyridine rings is 1. The third-order valence-electron chi connectivity index (χ3n) is 4.79. The van der Waals surface area contributed by atoms with Gasteiger partial charge in [-0.15, -0.1) is 0 Å². The number of benzene rings is 1. The Labute approximate surface area is 145 Å². The lowest BCUT2D eigenvalue weighted by Gasteiger charge is -2.20. The zero-order chi connectivity index (χ0) is 17.4. The van der Waals surface area contributed by atoms with Crippen LogP contribution in [0, 0.1) is 0 Å². The summed E-state index contributed by atoms with van der Waals surface area (Å²) in [5.74, 6) is 0.00680. The number of aryl methyl sites for hydroxylation is 1. The smallest absolute Gasteiger partial charge is 0.270 e. The van der Waals surface area contributed by atoms with Crippen molar-refractivity contribution in [2.24, 2.45) is 0 Å². The van der Waals surface area contributed by atoms with E-state index in [0.717, 1.165) is 35.9 Å². The first-order valence-electron chi connectivity index (χ1n) is 8.46. The third-order valence-corrected chi connectivity index (χ3v) is 4.79. The summed E-state index contributed by atoms with van der Waals surface area (Å²) >= 11 is 0. The largest absolute Gasteiger partial charge is 0.351 e. The Morgan fingerprint density at radius 1 is 1.16 bits per heavy atom. The molecule has 4 rings (SSSR count). The Morgan fingerprint density at radius 3 is 2.88 bits per heavy atom. The van der Waals surface area contributed by atoms with E-state index in [1.807, 2.05) is 29.3 Å². The molecule has 0 aliphatic carbocycles. The molecule has 1 aliphatic rings. The maximum atomic E-state index is 13.0. The van der Waals surface area contributed by atoms with Crippen LogP contribution in [0.3, 0.4) is 0 Å². The van der Waals surface area contributed by atoms with Gasteiger partial charge < -0.3 is 9.88 Å². The molecule has 3 aromatic rings. The van der Waals surface area contributed by atoms with Crippen molar-refractivity contribution in [2.45, 2.75) is 26.3 Å². The summed E-state index contributed by atoms with van der Waals surface area (Å²) in [6.07, 6.45) is 5.55. The number of amides is 1. The molecule has 0 saturated carbocycles. The van der Waals surface area contributed by atoms with Crippen LogP contribution in [0.4, 0.5) is 0 Å². The summed E-state index contributed by atoms with van der Waals surface area (Å²) < 4.78 is 0. The van der Waals surface area contributed by atoms with Gasteiger partial charge in [-0.25, -0.2) is 0 Å². The van der Waals surface area contributed by atoms with Crippen LogP contribution < -0.4 is 0 Å². The number of nitrogens with one attached hydrogen (secondary N) is 1. The molecule has 1 aliphatic heterocycles. The van der Waals surface area contributed by atoms with Crippen molar-refractivity contribution in [1.29, 1.82) is 0 Å². The number of ketones is 1. The molecule has 0 fully saturated rings. The maximum absolute atomic E-state index is 13.0. The predicted molar refractivity (Wildman–Crippen MR) is 95.6 cm³/mol. The van der Waals surface area contributed by atoms with Crippen molar-refractivity contribution in [2.75, 3.05) is 6.54 Å². The second-order valence-electron chi connectivity index (χ2n) is 6.52. The fraction of sp³-hybridized carbons (Fsp3) is 0.250. The number of fused-ring (bicyclic) bond motifs is 2. The first-order chi connectivity index (χ1) is 12.1. The minimum absolute atomic E-state index is 0.00904. The van der Waals surface area contributed by atoms with E-state index in [4.69, 9.17) is 0 Å². The van der Waals surface area contributed by atoms with Gasteiger partial charge in [0.15, 0.2) is 5.78 Å². The van der Waals surface area contributed by atoms with Crippen LogP contribution in [-0.4, -0.2) is 33.1 Å². The molecular formula is C20H19N3O2. The molecule has 0 atom stereocenters. The highest BCUT2D eigenvalue weighted by Crippen LogP contribution is 2.22. The first-order valence-corrected chi connectivity index (χ1v) is 8.46. The van der Waals surface area contributed by atoms with E-state index in [9.17, 15) is 9.59 Å². The van der Waals surface area contributed by atoms with Gasteiger partial charge in [0.1, 0.15) is 5.69 Å². The molecule has 0 saturated heterocycles. The highest BCUT2D eigenvalue weighted by atomic mass is 16.2. The number of carbonyl (C=O) groups excluding carboxylic acids is 2. The number of aromatic nitrogens is 2. The van der Waals surface area contributed by atoms with E-state index in [1.54, 1.807) is 25.3 Å². The maximum Gasteiger partial charge on any atom is 0.270 e. The SMILES string of the molecule is CC(=O)c1ccc2cc(C(=O)N3CCCc4cnccc4C3)[nH]c2c1. The Kier molecular flexibility index (Phi) is 3.84. The van der Waals surface area contributed by atoms with E-state index >= 15 is 0 Å². The zero-order valence-electron chi connectivity index (χ0n) is 14.1. The molecule has 3 heterocycles. The van der Waals surface area contributed by atoms with Gasteiger partial charge in [0.25, 0.3) is 5.91 Å². The Balaban J connectivity index is 1.64. The fourth-order valence-electron chi connectivity index (χ4n) is 3.39. The van der Waals surface area contributed by atoms with Crippen molar-refractivity contribution >= 4 is 22.6 Å².